The highest BCUT2D eigenvalue weighted by Crippen LogP contribution is 2.24. The van der Waals surface area contributed by atoms with Crippen molar-refractivity contribution in [3.05, 3.63) is 35.1 Å². The lowest BCUT2D eigenvalue weighted by molar-refractivity contribution is -0.124. The van der Waals surface area contributed by atoms with Crippen LogP contribution in [0, 0.1) is 11.7 Å². The topological polar surface area (TPSA) is 55.1 Å². The molecule has 0 heterocycles. The predicted molar refractivity (Wildman–Crippen MR) is 68.1 cm³/mol. The lowest BCUT2D eigenvalue weighted by Gasteiger charge is -2.11. The molecule has 0 aliphatic heterocycles. The van der Waals surface area contributed by atoms with Crippen molar-refractivity contribution < 1.29 is 9.18 Å². The normalized spacial score (nSPS) is 15.9. The minimum absolute atomic E-state index is 0.0507. The molecule has 1 aromatic rings. The van der Waals surface area contributed by atoms with Crippen molar-refractivity contribution in [2.24, 2.45) is 11.7 Å². The summed E-state index contributed by atoms with van der Waals surface area (Å²) in [7, 11) is 0. The monoisotopic (exact) mass is 250 g/mol. The minimum Gasteiger partial charge on any atom is -0.352 e. The Hall–Kier alpha value is -1.42. The molecule has 0 spiro atoms. The number of rotatable bonds is 4. The van der Waals surface area contributed by atoms with Crippen LogP contribution in [0.25, 0.3) is 0 Å². The number of halogens is 1. The van der Waals surface area contributed by atoms with E-state index in [4.69, 9.17) is 5.73 Å². The Bertz CT molecular complexity index is 428. The highest BCUT2D eigenvalue weighted by molar-refractivity contribution is 5.78. The highest BCUT2D eigenvalue weighted by Gasteiger charge is 2.22. The summed E-state index contributed by atoms with van der Waals surface area (Å²) < 4.78 is 13.7. The van der Waals surface area contributed by atoms with Crippen molar-refractivity contribution in [2.75, 3.05) is 0 Å². The van der Waals surface area contributed by atoms with Crippen LogP contribution >= 0.6 is 0 Å². The molecule has 18 heavy (non-hydrogen) atoms. The summed E-state index contributed by atoms with van der Waals surface area (Å²) in [6.45, 7) is 0.581. The van der Waals surface area contributed by atoms with E-state index in [2.05, 4.69) is 5.32 Å². The van der Waals surface area contributed by atoms with Gasteiger partial charge < -0.3 is 11.1 Å². The highest BCUT2D eigenvalue weighted by atomic mass is 19.1. The van der Waals surface area contributed by atoms with Crippen molar-refractivity contribution in [1.82, 2.24) is 5.32 Å². The van der Waals surface area contributed by atoms with E-state index in [9.17, 15) is 9.18 Å². The van der Waals surface area contributed by atoms with Gasteiger partial charge in [0.1, 0.15) is 5.82 Å². The molecule has 0 bridgehead atoms. The second kappa shape index (κ2) is 5.96. The molecule has 0 aromatic heterocycles. The first kappa shape index (κ1) is 13.0. The average molecular weight is 250 g/mol. The lowest BCUT2D eigenvalue weighted by Crippen LogP contribution is -2.29. The Labute approximate surface area is 107 Å². The fraction of sp³-hybridized carbons (Fsp3) is 0.500. The van der Waals surface area contributed by atoms with Gasteiger partial charge in [-0.2, -0.15) is 0 Å². The Morgan fingerprint density at radius 1 is 1.39 bits per heavy atom. The fourth-order valence-corrected chi connectivity index (χ4v) is 2.38. The molecular weight excluding hydrogens is 231 g/mol. The molecule has 0 radical (unpaired) electrons. The van der Waals surface area contributed by atoms with Crippen molar-refractivity contribution >= 4 is 5.91 Å². The van der Waals surface area contributed by atoms with Gasteiger partial charge in [-0.25, -0.2) is 4.39 Å². The third kappa shape index (κ3) is 3.07. The molecule has 0 atom stereocenters. The van der Waals surface area contributed by atoms with E-state index in [0.717, 1.165) is 31.2 Å². The molecule has 3 N–H and O–H groups in total. The molecule has 1 aliphatic carbocycles. The predicted octanol–water partition coefficient (Wildman–Crippen LogP) is 2.09. The van der Waals surface area contributed by atoms with E-state index < -0.39 is 0 Å². The summed E-state index contributed by atoms with van der Waals surface area (Å²) in [4.78, 5) is 11.8. The van der Waals surface area contributed by atoms with Crippen LogP contribution in [0.2, 0.25) is 0 Å². The maximum atomic E-state index is 13.7. The molecule has 98 valence electrons. The third-order valence-corrected chi connectivity index (χ3v) is 3.53. The third-order valence-electron chi connectivity index (χ3n) is 3.53. The number of nitrogens with two attached hydrogens (primary N) is 1. The van der Waals surface area contributed by atoms with Crippen LogP contribution in [0.5, 0.6) is 0 Å². The van der Waals surface area contributed by atoms with E-state index in [-0.39, 0.29) is 24.2 Å². The first-order chi connectivity index (χ1) is 8.70. The van der Waals surface area contributed by atoms with Gasteiger partial charge in [0.05, 0.1) is 0 Å². The molecule has 4 heteroatoms. The van der Waals surface area contributed by atoms with Crippen LogP contribution in [-0.4, -0.2) is 5.91 Å². The van der Waals surface area contributed by atoms with Crippen molar-refractivity contribution in [1.29, 1.82) is 0 Å². The molecule has 2 rings (SSSR count). The van der Waals surface area contributed by atoms with Gasteiger partial charge in [-0.15, -0.1) is 0 Å². The van der Waals surface area contributed by atoms with Crippen LogP contribution in [-0.2, 0) is 17.9 Å². The van der Waals surface area contributed by atoms with E-state index in [0.29, 0.717) is 12.1 Å². The molecule has 3 nitrogen and oxygen atoms in total. The lowest BCUT2D eigenvalue weighted by atomic mass is 10.1. The number of amides is 1. The summed E-state index contributed by atoms with van der Waals surface area (Å²) >= 11 is 0. The first-order valence-electron chi connectivity index (χ1n) is 6.46. The van der Waals surface area contributed by atoms with Gasteiger partial charge in [0.2, 0.25) is 5.91 Å². The largest absolute Gasteiger partial charge is 0.352 e. The molecular formula is C14H19FN2O. The van der Waals surface area contributed by atoms with Crippen molar-refractivity contribution in [3.8, 4) is 0 Å². The van der Waals surface area contributed by atoms with Crippen LogP contribution < -0.4 is 11.1 Å². The number of carbonyl (C=O) groups is 1. The zero-order chi connectivity index (χ0) is 13.0. The summed E-state index contributed by atoms with van der Waals surface area (Å²) in [5.74, 6) is -0.129. The average Bonchev–Trinajstić information content (AvgIpc) is 2.90. The van der Waals surface area contributed by atoms with Crippen molar-refractivity contribution in [2.45, 2.75) is 38.8 Å². The molecule has 0 unspecified atom stereocenters. The van der Waals surface area contributed by atoms with Gasteiger partial charge >= 0.3 is 0 Å². The Morgan fingerprint density at radius 2 is 2.11 bits per heavy atom. The van der Waals surface area contributed by atoms with E-state index in [1.54, 1.807) is 12.1 Å². The number of carbonyl (C=O) groups excluding carboxylic acids is 1. The van der Waals surface area contributed by atoms with Crippen LogP contribution in [0.1, 0.15) is 36.8 Å². The molecule has 0 saturated heterocycles. The molecule has 1 fully saturated rings. The quantitative estimate of drug-likeness (QED) is 0.859. The van der Waals surface area contributed by atoms with Crippen LogP contribution in [0.15, 0.2) is 18.2 Å². The number of hydrogen-bond donors (Lipinski definition) is 2. The van der Waals surface area contributed by atoms with Crippen molar-refractivity contribution in [3.63, 3.8) is 0 Å². The summed E-state index contributed by atoms with van der Waals surface area (Å²) in [6, 6.07) is 4.91. The minimum atomic E-state index is -0.301. The second-order valence-electron chi connectivity index (χ2n) is 4.83. The number of hydrogen-bond acceptors (Lipinski definition) is 2. The van der Waals surface area contributed by atoms with Gasteiger partial charge in [0.25, 0.3) is 0 Å². The number of benzene rings is 1. The van der Waals surface area contributed by atoms with Gasteiger partial charge in [-0.1, -0.05) is 25.0 Å². The smallest absolute Gasteiger partial charge is 0.223 e. The summed E-state index contributed by atoms with van der Waals surface area (Å²) in [5, 5.41) is 2.81. The molecule has 1 saturated carbocycles. The molecule has 1 amide bonds. The van der Waals surface area contributed by atoms with E-state index in [1.165, 1.54) is 6.07 Å². The van der Waals surface area contributed by atoms with Gasteiger partial charge in [0, 0.05) is 24.6 Å². The Kier molecular flexibility index (Phi) is 4.31. The summed E-state index contributed by atoms with van der Waals surface area (Å²) in [5.41, 5.74) is 6.71. The summed E-state index contributed by atoms with van der Waals surface area (Å²) in [6.07, 6.45) is 4.16. The zero-order valence-electron chi connectivity index (χ0n) is 10.4. The number of nitrogens with one attached hydrogen (secondary N) is 1. The molecule has 1 aromatic carbocycles. The maximum absolute atomic E-state index is 13.7. The van der Waals surface area contributed by atoms with Gasteiger partial charge in [0.15, 0.2) is 0 Å². The van der Waals surface area contributed by atoms with Gasteiger partial charge in [-0.3, -0.25) is 4.79 Å². The standard InChI is InChI=1S/C14H19FN2O/c15-13-7-10(8-16)5-6-12(13)9-17-14(18)11-3-1-2-4-11/h5-7,11H,1-4,8-9,16H2,(H,17,18). The second-order valence-corrected chi connectivity index (χ2v) is 4.83. The Morgan fingerprint density at radius 3 is 2.72 bits per heavy atom. The van der Waals surface area contributed by atoms with Crippen LogP contribution in [0.4, 0.5) is 4.39 Å². The zero-order valence-corrected chi connectivity index (χ0v) is 10.4. The van der Waals surface area contributed by atoms with Crippen LogP contribution in [0.3, 0.4) is 0 Å². The SMILES string of the molecule is NCc1ccc(CNC(=O)C2CCCC2)c(F)c1. The van der Waals surface area contributed by atoms with E-state index >= 15 is 0 Å². The van der Waals surface area contributed by atoms with E-state index in [1.807, 2.05) is 0 Å². The Balaban J connectivity index is 1.91. The van der Waals surface area contributed by atoms with Gasteiger partial charge in [-0.05, 0) is 24.5 Å². The maximum Gasteiger partial charge on any atom is 0.223 e. The first-order valence-corrected chi connectivity index (χ1v) is 6.46. The fourth-order valence-electron chi connectivity index (χ4n) is 2.38. The molecule has 1 aliphatic rings.